The van der Waals surface area contributed by atoms with Crippen molar-refractivity contribution in [2.24, 2.45) is 0 Å². The molecule has 2 rings (SSSR count). The van der Waals surface area contributed by atoms with Crippen LogP contribution in [0.3, 0.4) is 0 Å². The number of ether oxygens (including phenoxy) is 2. The van der Waals surface area contributed by atoms with Crippen LogP contribution in [-0.4, -0.2) is 30.7 Å². The van der Waals surface area contributed by atoms with Crippen molar-refractivity contribution in [1.82, 2.24) is 10.3 Å². The van der Waals surface area contributed by atoms with Gasteiger partial charge in [-0.15, -0.1) is 0 Å². The van der Waals surface area contributed by atoms with Gasteiger partial charge >= 0.3 is 12.1 Å². The van der Waals surface area contributed by atoms with Gasteiger partial charge in [-0.05, 0) is 11.6 Å². The highest BCUT2D eigenvalue weighted by Crippen LogP contribution is 2.03. The average Bonchev–Trinajstić information content (AvgIpc) is 2.64. The number of nitrogens with one attached hydrogen (secondary N) is 1. The van der Waals surface area contributed by atoms with Crippen LogP contribution in [-0.2, 0) is 16.1 Å². The van der Waals surface area contributed by atoms with Crippen molar-refractivity contribution in [1.29, 1.82) is 0 Å². The molecule has 1 heterocycles. The summed E-state index contributed by atoms with van der Waals surface area (Å²) in [6.07, 6.45) is 2.37. The number of amides is 1. The molecule has 0 unspecified atom stereocenters. The van der Waals surface area contributed by atoms with Crippen LogP contribution in [0.25, 0.3) is 0 Å². The Bertz CT molecular complexity index is 763. The van der Waals surface area contributed by atoms with E-state index < -0.39 is 12.1 Å². The summed E-state index contributed by atoms with van der Waals surface area (Å²) >= 11 is 0. The summed E-state index contributed by atoms with van der Waals surface area (Å²) < 4.78 is 9.67. The molecule has 2 aromatic rings. The number of esters is 1. The largest absolute Gasteiger partial charge is 0.465 e. The number of hydrogen-bond donors (Lipinski definition) is 1. The molecule has 6 nitrogen and oxygen atoms in total. The zero-order valence-electron chi connectivity index (χ0n) is 13.1. The standard InChI is InChI=1S/C18H16N2O4/c1-23-17(21)16-10-15(11-19-12-16)8-5-9-20-18(22)24-13-14-6-3-2-4-7-14/h2-4,6-7,10-12H,9,13H2,1H3,(H,20,22). The molecule has 0 aliphatic rings. The number of carbonyl (C=O) groups excluding carboxylic acids is 2. The van der Waals surface area contributed by atoms with Gasteiger partial charge in [0, 0.05) is 18.0 Å². The van der Waals surface area contributed by atoms with E-state index in [4.69, 9.17) is 4.74 Å². The molecule has 6 heteroatoms. The molecule has 122 valence electrons. The van der Waals surface area contributed by atoms with Crippen molar-refractivity contribution in [2.45, 2.75) is 6.61 Å². The number of hydrogen-bond acceptors (Lipinski definition) is 5. The monoisotopic (exact) mass is 324 g/mol. The summed E-state index contributed by atoms with van der Waals surface area (Å²) in [5.41, 5.74) is 1.78. The fourth-order valence-corrected chi connectivity index (χ4v) is 1.77. The van der Waals surface area contributed by atoms with Gasteiger partial charge in [0.05, 0.1) is 19.2 Å². The van der Waals surface area contributed by atoms with Crippen LogP contribution < -0.4 is 5.32 Å². The molecule has 0 saturated heterocycles. The van der Waals surface area contributed by atoms with Crippen LogP contribution in [0.1, 0.15) is 21.5 Å². The minimum absolute atomic E-state index is 0.121. The molecule has 24 heavy (non-hydrogen) atoms. The topological polar surface area (TPSA) is 77.5 Å². The van der Waals surface area contributed by atoms with E-state index in [0.29, 0.717) is 11.1 Å². The molecule has 0 aliphatic carbocycles. The van der Waals surface area contributed by atoms with Crippen LogP contribution in [0.15, 0.2) is 48.8 Å². The lowest BCUT2D eigenvalue weighted by Crippen LogP contribution is -2.24. The molecule has 0 radical (unpaired) electrons. The SMILES string of the molecule is COC(=O)c1cncc(C#CCNC(=O)OCc2ccccc2)c1. The Morgan fingerprint density at radius 3 is 2.75 bits per heavy atom. The third kappa shape index (κ3) is 5.46. The van der Waals surface area contributed by atoms with Crippen molar-refractivity contribution in [2.75, 3.05) is 13.7 Å². The summed E-state index contributed by atoms with van der Waals surface area (Å²) in [7, 11) is 1.30. The zero-order chi connectivity index (χ0) is 17.2. The minimum Gasteiger partial charge on any atom is -0.465 e. The Morgan fingerprint density at radius 1 is 1.21 bits per heavy atom. The number of methoxy groups -OCH3 is 1. The minimum atomic E-state index is -0.547. The number of rotatable bonds is 4. The fourth-order valence-electron chi connectivity index (χ4n) is 1.77. The normalized spacial score (nSPS) is 9.38. The first kappa shape index (κ1) is 17.0. The Balaban J connectivity index is 1.79. The number of pyridine rings is 1. The summed E-state index contributed by atoms with van der Waals surface area (Å²) in [4.78, 5) is 26.8. The second-order valence-corrected chi connectivity index (χ2v) is 4.67. The molecule has 0 aliphatic heterocycles. The number of benzene rings is 1. The number of nitrogens with zero attached hydrogens (tertiary/aromatic N) is 1. The Kier molecular flexibility index (Phi) is 6.35. The fraction of sp³-hybridized carbons (Fsp3) is 0.167. The van der Waals surface area contributed by atoms with Gasteiger partial charge in [-0.1, -0.05) is 42.2 Å². The lowest BCUT2D eigenvalue weighted by atomic mass is 10.2. The van der Waals surface area contributed by atoms with Gasteiger partial charge in [-0.2, -0.15) is 0 Å². The molecular weight excluding hydrogens is 308 g/mol. The van der Waals surface area contributed by atoms with E-state index in [1.165, 1.54) is 19.5 Å². The molecule has 0 atom stereocenters. The highest BCUT2D eigenvalue weighted by molar-refractivity contribution is 5.89. The second kappa shape index (κ2) is 8.96. The molecule has 1 N–H and O–H groups in total. The molecule has 0 fully saturated rings. The quantitative estimate of drug-likeness (QED) is 0.689. The van der Waals surface area contributed by atoms with Crippen molar-refractivity contribution < 1.29 is 19.1 Å². The maximum atomic E-state index is 11.5. The molecule has 1 aromatic carbocycles. The third-order valence-electron chi connectivity index (χ3n) is 2.93. The van der Waals surface area contributed by atoms with Gasteiger partial charge in [0.2, 0.25) is 0 Å². The second-order valence-electron chi connectivity index (χ2n) is 4.67. The summed E-state index contributed by atoms with van der Waals surface area (Å²) in [6.45, 7) is 0.321. The molecule has 1 amide bonds. The molecule has 0 bridgehead atoms. The predicted molar refractivity (Wildman–Crippen MR) is 87.1 cm³/mol. The van der Waals surface area contributed by atoms with Crippen molar-refractivity contribution in [3.8, 4) is 11.8 Å². The van der Waals surface area contributed by atoms with Crippen molar-refractivity contribution in [3.63, 3.8) is 0 Å². The van der Waals surface area contributed by atoms with Gasteiger partial charge < -0.3 is 14.8 Å². The van der Waals surface area contributed by atoms with Crippen molar-refractivity contribution >= 4 is 12.1 Å². The average molecular weight is 324 g/mol. The van der Waals surface area contributed by atoms with Crippen LogP contribution in [0.5, 0.6) is 0 Å². The first-order valence-electron chi connectivity index (χ1n) is 7.16. The van der Waals surface area contributed by atoms with Gasteiger partial charge in [0.15, 0.2) is 0 Å². The summed E-state index contributed by atoms with van der Waals surface area (Å²) in [5.74, 6) is 5.09. The molecular formula is C18H16N2O4. The first-order chi connectivity index (χ1) is 11.7. The van der Waals surface area contributed by atoms with E-state index >= 15 is 0 Å². The summed E-state index contributed by atoms with van der Waals surface area (Å²) in [6, 6.07) is 10.9. The Labute approximate surface area is 139 Å². The Morgan fingerprint density at radius 2 is 2.00 bits per heavy atom. The first-order valence-corrected chi connectivity index (χ1v) is 7.16. The van der Waals surface area contributed by atoms with E-state index in [1.807, 2.05) is 30.3 Å². The maximum Gasteiger partial charge on any atom is 0.408 e. The lowest BCUT2D eigenvalue weighted by Gasteiger charge is -2.04. The third-order valence-corrected chi connectivity index (χ3v) is 2.93. The smallest absolute Gasteiger partial charge is 0.408 e. The van der Waals surface area contributed by atoms with Gasteiger partial charge in [0.25, 0.3) is 0 Å². The van der Waals surface area contributed by atoms with Gasteiger partial charge in [0.1, 0.15) is 6.61 Å². The molecule has 1 aromatic heterocycles. The lowest BCUT2D eigenvalue weighted by molar-refractivity contribution is 0.0600. The van der Waals surface area contributed by atoms with Crippen LogP contribution in [0.2, 0.25) is 0 Å². The zero-order valence-corrected chi connectivity index (χ0v) is 13.1. The summed E-state index contributed by atoms with van der Waals surface area (Å²) in [5, 5.41) is 2.52. The number of alkyl carbamates (subject to hydrolysis) is 1. The van der Waals surface area contributed by atoms with E-state index in [0.717, 1.165) is 5.56 Å². The van der Waals surface area contributed by atoms with E-state index in [9.17, 15) is 9.59 Å². The predicted octanol–water partition coefficient (Wildman–Crippen LogP) is 2.15. The Hall–Kier alpha value is -3.33. The molecule has 0 saturated carbocycles. The van der Waals surface area contributed by atoms with Gasteiger partial charge in [-0.3, -0.25) is 4.98 Å². The van der Waals surface area contributed by atoms with Crippen molar-refractivity contribution in [3.05, 3.63) is 65.5 Å². The number of aromatic nitrogens is 1. The number of carbonyl (C=O) groups is 2. The highest BCUT2D eigenvalue weighted by Gasteiger charge is 2.05. The van der Waals surface area contributed by atoms with E-state index in [2.05, 4.69) is 26.9 Å². The van der Waals surface area contributed by atoms with Crippen LogP contribution in [0.4, 0.5) is 4.79 Å². The van der Waals surface area contributed by atoms with E-state index in [1.54, 1.807) is 6.07 Å². The maximum absolute atomic E-state index is 11.5. The van der Waals surface area contributed by atoms with Gasteiger partial charge in [-0.25, -0.2) is 9.59 Å². The highest BCUT2D eigenvalue weighted by atomic mass is 16.5. The van der Waals surface area contributed by atoms with Crippen LogP contribution in [0, 0.1) is 11.8 Å². The molecule has 0 spiro atoms. The van der Waals surface area contributed by atoms with Crippen LogP contribution >= 0.6 is 0 Å². The van der Waals surface area contributed by atoms with E-state index in [-0.39, 0.29) is 13.2 Å².